The zero-order valence-corrected chi connectivity index (χ0v) is 54.6. The summed E-state index contributed by atoms with van der Waals surface area (Å²) in [4.78, 5) is 8.87. The Hall–Kier alpha value is -10.1. The predicted molar refractivity (Wildman–Crippen MR) is 321 cm³/mol. The maximum atomic E-state index is 14.7. The molecule has 0 spiro atoms. The van der Waals surface area contributed by atoms with Crippen molar-refractivity contribution >= 4 is 67.5 Å². The van der Waals surface area contributed by atoms with Gasteiger partial charge in [-0.2, -0.15) is 158 Å². The summed E-state index contributed by atoms with van der Waals surface area (Å²) in [6, 6.07) is -4.29. The minimum Gasteiger partial charge on any atom is -0.296 e. The summed E-state index contributed by atoms with van der Waals surface area (Å²) in [5.74, 6) is 0. The van der Waals surface area contributed by atoms with Crippen molar-refractivity contribution in [1.82, 2.24) is 9.97 Å². The van der Waals surface area contributed by atoms with Crippen molar-refractivity contribution < 1.29 is 158 Å². The lowest BCUT2D eigenvalue weighted by atomic mass is 10.0. The molecule has 0 saturated carbocycles. The van der Waals surface area contributed by atoms with Crippen LogP contribution in [0.2, 0.25) is 0 Å². The number of nitrogens with one attached hydrogen (secondary N) is 2. The first-order valence-corrected chi connectivity index (χ1v) is 31.6. The van der Waals surface area contributed by atoms with Crippen molar-refractivity contribution in [2.45, 2.75) is 74.1 Å². The first-order valence-electron chi connectivity index (χ1n) is 29.1. The van der Waals surface area contributed by atoms with E-state index in [-0.39, 0.29) is 108 Å². The monoisotopic (exact) mass is 1680 g/mol. The summed E-state index contributed by atoms with van der Waals surface area (Å²) in [6.45, 7) is 0. The minimum atomic E-state index is -5.88. The molecule has 2 N–H and O–H groups in total. The molecule has 0 unspecified atom stereocenters. The number of nitrogens with zero attached hydrogens (tertiary/aromatic N) is 4. The average molecular weight is 1680 g/mol. The van der Waals surface area contributed by atoms with E-state index < -0.39 is 306 Å². The largest absolute Gasteiger partial charge is 0.416 e. The van der Waals surface area contributed by atoms with Crippen LogP contribution >= 0.6 is 34.0 Å². The molecule has 6 nitrogen and oxygen atoms in total. The van der Waals surface area contributed by atoms with Crippen LogP contribution in [0.15, 0.2) is 131 Å². The number of hydrogen-bond donors (Lipinski definition) is 2. The molecule has 7 aromatic carbocycles. The van der Waals surface area contributed by atoms with Crippen LogP contribution in [0.3, 0.4) is 0 Å². The van der Waals surface area contributed by atoms with Gasteiger partial charge in [0.15, 0.2) is 0 Å². The Labute approximate surface area is 600 Å². The molecule has 0 radical (unpaired) electrons. The van der Waals surface area contributed by atoms with Gasteiger partial charge in [-0.3, -0.25) is 10.8 Å². The molecule has 11 rings (SSSR count). The Kier molecular flexibility index (Phi) is 19.8. The standard InChI is InChI=1S/C66H22F36N6S3/c67-55(68,69)27-1-21(2-28(13-27)56(70,71)72)41-19-39(51(109-41)23-5-31(59(79,80)81)15-32(6-23)60(82,83)84)105-45-43(103)44(104)46(106-40-20-42(22-3-29(57(73,74)75)14-30(4-22)58(76,77)78)110-52(40)24-7-33(61(85,86)87)16-34(8-24)62(88,89)90)48-47(45)107-49-50(108-48)54(26-11-37(65(97,98)99)18-38(12-26)66(100,101)102)111-53(49)25-9-35(63(91,92)93)17-36(10-25)64(94,95)96/h1-20,103-104H/b103-43?,104-44?,105-45+,106-46+. The Morgan fingerprint density at radius 3 is 0.559 bits per heavy atom. The van der Waals surface area contributed by atoms with Crippen LogP contribution in [0, 0.1) is 10.8 Å². The van der Waals surface area contributed by atoms with Gasteiger partial charge in [0, 0.05) is 9.75 Å². The van der Waals surface area contributed by atoms with Gasteiger partial charge >= 0.3 is 74.1 Å². The van der Waals surface area contributed by atoms with Crippen molar-refractivity contribution in [3.05, 3.63) is 210 Å². The van der Waals surface area contributed by atoms with Crippen LogP contribution in [-0.2, 0) is 74.1 Å². The van der Waals surface area contributed by atoms with Crippen molar-refractivity contribution in [1.29, 1.82) is 10.8 Å². The van der Waals surface area contributed by atoms with Crippen LogP contribution in [0.4, 0.5) is 169 Å². The lowest BCUT2D eigenvalue weighted by Gasteiger charge is -2.14. The summed E-state index contributed by atoms with van der Waals surface area (Å²) >= 11 is -1.06. The van der Waals surface area contributed by atoms with E-state index in [1.54, 1.807) is 0 Å². The molecule has 0 atom stereocenters. The molecular formula is C66H22F36N6S3. The van der Waals surface area contributed by atoms with E-state index in [0.29, 0.717) is 0 Å². The smallest absolute Gasteiger partial charge is 0.296 e. The van der Waals surface area contributed by atoms with Crippen molar-refractivity contribution in [2.24, 2.45) is 9.98 Å². The summed E-state index contributed by atoms with van der Waals surface area (Å²) < 4.78 is 526. The third kappa shape index (κ3) is 16.9. The van der Waals surface area contributed by atoms with Gasteiger partial charge in [0.1, 0.15) is 43.5 Å². The first-order chi connectivity index (χ1) is 50.3. The molecule has 0 saturated heterocycles. The summed E-state index contributed by atoms with van der Waals surface area (Å²) in [6.07, 6.45) is -70.0. The molecule has 0 bridgehead atoms. The molecule has 0 fully saturated rings. The van der Waals surface area contributed by atoms with E-state index in [9.17, 15) is 169 Å². The van der Waals surface area contributed by atoms with Crippen molar-refractivity contribution in [2.75, 3.05) is 0 Å². The maximum absolute atomic E-state index is 14.7. The van der Waals surface area contributed by atoms with Gasteiger partial charge in [0.2, 0.25) is 0 Å². The van der Waals surface area contributed by atoms with Gasteiger partial charge in [-0.1, -0.05) is 0 Å². The highest BCUT2D eigenvalue weighted by Gasteiger charge is 2.45. The van der Waals surface area contributed by atoms with E-state index in [2.05, 4.69) is 20.0 Å². The van der Waals surface area contributed by atoms with E-state index >= 15 is 0 Å². The number of halogens is 36. The first kappa shape index (κ1) is 81.9. The number of rotatable bonds is 8. The van der Waals surface area contributed by atoms with E-state index in [1.165, 1.54) is 0 Å². The molecule has 4 heterocycles. The number of benzene rings is 7. The summed E-state index contributed by atoms with van der Waals surface area (Å²) in [5.41, 5.74) is -44.1. The number of fused-ring (bicyclic) bond motifs is 2. The van der Waals surface area contributed by atoms with Crippen molar-refractivity contribution in [3.8, 4) is 62.6 Å². The summed E-state index contributed by atoms with van der Waals surface area (Å²) in [7, 11) is 0. The SMILES string of the molecule is N=c1c(=N)/c(=N\c2cc(-c3cc(C(F)(F)F)cc(C(F)(F)F)c3)sc2-c2cc(C(F)(F)F)cc(C(F)(F)F)c2)c2nc3c(-c4cc(C(F)(F)F)cc(C(F)(F)F)c4)sc(-c4cc(C(F)(F)F)cc(C(F)(F)F)c4)c3nc2/c1=N/c1cc(-c2cc(C(F)(F)F)cc(C(F)(F)F)c2)sc1-c1cc(C(F)(F)F)cc(C(F)(F)F)c1. The highest BCUT2D eigenvalue weighted by atomic mass is 32.1. The van der Waals surface area contributed by atoms with E-state index in [4.69, 9.17) is 0 Å². The quantitative estimate of drug-likeness (QED) is 0.148. The molecule has 0 aliphatic carbocycles. The van der Waals surface area contributed by atoms with Gasteiger partial charge in [-0.05, 0) is 155 Å². The molecule has 0 amide bonds. The highest BCUT2D eigenvalue weighted by Crippen LogP contribution is 2.54. The molecular weight excluding hydrogens is 1660 g/mol. The Bertz CT molecular complexity index is 5280. The third-order valence-corrected chi connectivity index (χ3v) is 19.4. The third-order valence-electron chi connectivity index (χ3n) is 15.7. The van der Waals surface area contributed by atoms with Gasteiger partial charge in [-0.15, -0.1) is 34.0 Å². The number of alkyl halides is 36. The second kappa shape index (κ2) is 26.8. The molecule has 0 aliphatic rings. The van der Waals surface area contributed by atoms with Crippen LogP contribution < -0.4 is 21.4 Å². The lowest BCUT2D eigenvalue weighted by Crippen LogP contribution is -2.48. The number of thiophene rings is 3. The molecule has 0 aliphatic heterocycles. The minimum absolute atomic E-state index is 0.0843. The van der Waals surface area contributed by atoms with E-state index in [1.807, 2.05) is 0 Å². The Balaban J connectivity index is 1.41. The summed E-state index contributed by atoms with van der Waals surface area (Å²) in [5, 5.41) is 12.0. The maximum Gasteiger partial charge on any atom is 0.416 e. The van der Waals surface area contributed by atoms with Crippen LogP contribution in [-0.4, -0.2) is 9.97 Å². The van der Waals surface area contributed by atoms with Crippen LogP contribution in [0.5, 0.6) is 0 Å². The van der Waals surface area contributed by atoms with Gasteiger partial charge < -0.3 is 0 Å². The van der Waals surface area contributed by atoms with Gasteiger partial charge in [-0.25, -0.2) is 20.0 Å². The Morgan fingerprint density at radius 1 is 0.207 bits per heavy atom. The van der Waals surface area contributed by atoms with Gasteiger partial charge in [0.25, 0.3) is 0 Å². The topological polar surface area (TPSA) is 98.2 Å². The van der Waals surface area contributed by atoms with Crippen LogP contribution in [0.1, 0.15) is 66.8 Å². The molecule has 4 aromatic heterocycles. The zero-order chi connectivity index (χ0) is 82.7. The number of aromatic nitrogens is 2. The lowest BCUT2D eigenvalue weighted by molar-refractivity contribution is -0.144. The second-order valence-electron chi connectivity index (χ2n) is 23.5. The molecule has 111 heavy (non-hydrogen) atoms. The number of hydrogen-bond acceptors (Lipinski definition) is 9. The molecule has 45 heteroatoms. The fourth-order valence-electron chi connectivity index (χ4n) is 10.8. The fourth-order valence-corrected chi connectivity index (χ4v) is 14.1. The zero-order valence-electron chi connectivity index (χ0n) is 52.2. The van der Waals surface area contributed by atoms with Gasteiger partial charge in [0.05, 0.1) is 97.6 Å². The Morgan fingerprint density at radius 2 is 0.378 bits per heavy atom. The predicted octanol–water partition coefficient (Wildman–Crippen LogP) is 25.5. The van der Waals surface area contributed by atoms with Crippen molar-refractivity contribution in [3.63, 3.8) is 0 Å². The fraction of sp³-hybridized carbons (Fsp3) is 0.182. The molecule has 586 valence electrons. The molecule has 11 aromatic rings. The second-order valence-corrected chi connectivity index (χ2v) is 26.6. The highest BCUT2D eigenvalue weighted by molar-refractivity contribution is 7.21. The normalized spacial score (nSPS) is 14.1. The van der Waals surface area contributed by atoms with E-state index in [0.717, 1.165) is 0 Å². The van der Waals surface area contributed by atoms with Crippen LogP contribution in [0.25, 0.3) is 84.7 Å². The average Bonchev–Trinajstić information content (AvgIpc) is 1.62.